The van der Waals surface area contributed by atoms with Gasteiger partial charge in [0.1, 0.15) is 10.8 Å². The van der Waals surface area contributed by atoms with E-state index in [-0.39, 0.29) is 5.75 Å². The van der Waals surface area contributed by atoms with Crippen LogP contribution in [0.15, 0.2) is 48.5 Å². The van der Waals surface area contributed by atoms with Crippen LogP contribution in [0.1, 0.15) is 10.6 Å². The number of rotatable bonds is 6. The van der Waals surface area contributed by atoms with Crippen molar-refractivity contribution in [2.45, 2.75) is 0 Å². The molecule has 0 saturated heterocycles. The molecular formula is C18H15NO3S2. The molecule has 0 fully saturated rings. The third kappa shape index (κ3) is 3.96. The predicted octanol–water partition coefficient (Wildman–Crippen LogP) is 4.62. The van der Waals surface area contributed by atoms with Gasteiger partial charge in [-0.25, -0.2) is 4.98 Å². The third-order valence-electron chi connectivity index (χ3n) is 3.27. The minimum atomic E-state index is -0.846. The van der Waals surface area contributed by atoms with Gasteiger partial charge in [0.2, 0.25) is 0 Å². The van der Waals surface area contributed by atoms with Crippen LogP contribution in [-0.2, 0) is 4.79 Å². The van der Waals surface area contributed by atoms with Crippen molar-refractivity contribution >= 4 is 50.3 Å². The van der Waals surface area contributed by atoms with Crippen LogP contribution in [0.25, 0.3) is 21.2 Å². The van der Waals surface area contributed by atoms with Gasteiger partial charge in [-0.1, -0.05) is 24.3 Å². The zero-order valence-electron chi connectivity index (χ0n) is 12.9. The molecule has 0 aliphatic rings. The van der Waals surface area contributed by atoms with E-state index in [2.05, 4.69) is 4.98 Å². The first-order valence-electron chi connectivity index (χ1n) is 7.22. The van der Waals surface area contributed by atoms with E-state index < -0.39 is 5.97 Å². The number of thioether (sulfide) groups is 1. The number of carbonyl (C=O) groups is 1. The normalized spacial score (nSPS) is 11.6. The van der Waals surface area contributed by atoms with Gasteiger partial charge in [0, 0.05) is 4.91 Å². The van der Waals surface area contributed by atoms with Gasteiger partial charge in [0.25, 0.3) is 0 Å². The molecule has 0 spiro atoms. The molecule has 1 heterocycles. The third-order valence-corrected chi connectivity index (χ3v) is 5.48. The SMILES string of the molecule is COc1ccc(C=C(SCC(=O)O)c2nc3ccccc3s2)cc1. The van der Waals surface area contributed by atoms with Crippen molar-refractivity contribution in [3.05, 3.63) is 59.1 Å². The fourth-order valence-electron chi connectivity index (χ4n) is 2.13. The number of hydrogen-bond donors (Lipinski definition) is 1. The van der Waals surface area contributed by atoms with Crippen LogP contribution in [0, 0.1) is 0 Å². The lowest BCUT2D eigenvalue weighted by molar-refractivity contribution is -0.133. The molecule has 0 unspecified atom stereocenters. The zero-order chi connectivity index (χ0) is 16.9. The minimum absolute atomic E-state index is 0.00207. The van der Waals surface area contributed by atoms with Crippen LogP contribution in [0.4, 0.5) is 0 Å². The number of carboxylic acids is 1. The Hall–Kier alpha value is -2.31. The molecule has 0 atom stereocenters. The molecule has 6 heteroatoms. The molecule has 0 aliphatic carbocycles. The van der Waals surface area contributed by atoms with E-state index in [0.29, 0.717) is 0 Å². The van der Waals surface area contributed by atoms with Gasteiger partial charge < -0.3 is 9.84 Å². The summed E-state index contributed by atoms with van der Waals surface area (Å²) in [6.07, 6.45) is 1.96. The average Bonchev–Trinajstić information content (AvgIpc) is 3.03. The molecule has 1 aromatic heterocycles. The van der Waals surface area contributed by atoms with E-state index in [1.165, 1.54) is 11.8 Å². The Morgan fingerprint density at radius 1 is 1.25 bits per heavy atom. The Morgan fingerprint density at radius 3 is 2.67 bits per heavy atom. The predicted molar refractivity (Wildman–Crippen MR) is 101 cm³/mol. The highest BCUT2D eigenvalue weighted by atomic mass is 32.2. The molecular weight excluding hydrogens is 342 g/mol. The lowest BCUT2D eigenvalue weighted by atomic mass is 10.2. The number of thiazole rings is 1. The van der Waals surface area contributed by atoms with Crippen LogP contribution in [0.5, 0.6) is 5.75 Å². The fourth-order valence-corrected chi connectivity index (χ4v) is 3.98. The summed E-state index contributed by atoms with van der Waals surface area (Å²) in [4.78, 5) is 16.4. The van der Waals surface area contributed by atoms with Gasteiger partial charge in [0.05, 0.1) is 23.1 Å². The van der Waals surface area contributed by atoms with Gasteiger partial charge in [0.15, 0.2) is 0 Å². The minimum Gasteiger partial charge on any atom is -0.497 e. The summed E-state index contributed by atoms with van der Waals surface area (Å²) in [5.74, 6) is -0.0635. The first-order chi connectivity index (χ1) is 11.7. The van der Waals surface area contributed by atoms with Crippen molar-refractivity contribution in [1.82, 2.24) is 4.98 Å². The molecule has 2 aromatic carbocycles. The highest BCUT2D eigenvalue weighted by Gasteiger charge is 2.11. The molecule has 0 amide bonds. The van der Waals surface area contributed by atoms with Crippen molar-refractivity contribution in [2.75, 3.05) is 12.9 Å². The number of aliphatic carboxylic acids is 1. The molecule has 122 valence electrons. The number of fused-ring (bicyclic) bond motifs is 1. The topological polar surface area (TPSA) is 59.4 Å². The van der Waals surface area contributed by atoms with Crippen LogP contribution in [-0.4, -0.2) is 28.9 Å². The first-order valence-corrected chi connectivity index (χ1v) is 9.02. The van der Waals surface area contributed by atoms with Crippen molar-refractivity contribution in [3.8, 4) is 5.75 Å². The Kier molecular flexibility index (Phi) is 5.17. The second-order valence-electron chi connectivity index (χ2n) is 4.95. The molecule has 4 nitrogen and oxygen atoms in total. The summed E-state index contributed by atoms with van der Waals surface area (Å²) in [6, 6.07) is 15.5. The summed E-state index contributed by atoms with van der Waals surface area (Å²) in [6.45, 7) is 0. The van der Waals surface area contributed by atoms with Crippen LogP contribution < -0.4 is 4.74 Å². The van der Waals surface area contributed by atoms with E-state index >= 15 is 0 Å². The fraction of sp³-hybridized carbons (Fsp3) is 0.111. The molecule has 0 saturated carbocycles. The quantitative estimate of drug-likeness (QED) is 0.697. The maximum Gasteiger partial charge on any atom is 0.313 e. The largest absolute Gasteiger partial charge is 0.497 e. The van der Waals surface area contributed by atoms with Crippen LogP contribution >= 0.6 is 23.1 Å². The van der Waals surface area contributed by atoms with Gasteiger partial charge in [-0.3, -0.25) is 4.79 Å². The molecule has 3 rings (SSSR count). The van der Waals surface area contributed by atoms with E-state index in [0.717, 1.165) is 31.4 Å². The van der Waals surface area contributed by atoms with Gasteiger partial charge >= 0.3 is 5.97 Å². The number of para-hydroxylation sites is 1. The smallest absolute Gasteiger partial charge is 0.313 e. The van der Waals surface area contributed by atoms with Gasteiger partial charge in [-0.05, 0) is 35.9 Å². The summed E-state index contributed by atoms with van der Waals surface area (Å²) in [7, 11) is 1.63. The monoisotopic (exact) mass is 357 g/mol. The van der Waals surface area contributed by atoms with E-state index in [1.54, 1.807) is 18.4 Å². The highest BCUT2D eigenvalue weighted by Crippen LogP contribution is 2.35. The number of hydrogen-bond acceptors (Lipinski definition) is 5. The number of benzene rings is 2. The standard InChI is InChI=1S/C18H15NO3S2/c1-22-13-8-6-12(7-9-13)10-16(23-11-17(20)21)18-19-14-4-2-3-5-15(14)24-18/h2-10H,11H2,1H3,(H,20,21). The van der Waals surface area contributed by atoms with Crippen molar-refractivity contribution in [1.29, 1.82) is 0 Å². The van der Waals surface area contributed by atoms with Crippen LogP contribution in [0.2, 0.25) is 0 Å². The number of carboxylic acid groups (broad SMARTS) is 1. The lowest BCUT2D eigenvalue weighted by Gasteiger charge is -2.04. The number of ether oxygens (including phenoxy) is 1. The average molecular weight is 357 g/mol. The van der Waals surface area contributed by atoms with Crippen molar-refractivity contribution in [3.63, 3.8) is 0 Å². The van der Waals surface area contributed by atoms with Crippen molar-refractivity contribution in [2.24, 2.45) is 0 Å². The maximum absolute atomic E-state index is 11.0. The number of nitrogens with zero attached hydrogens (tertiary/aromatic N) is 1. The Labute approximate surface area is 147 Å². The van der Waals surface area contributed by atoms with E-state index in [9.17, 15) is 4.79 Å². The second kappa shape index (κ2) is 7.51. The number of methoxy groups -OCH3 is 1. The maximum atomic E-state index is 11.0. The Bertz CT molecular complexity index is 852. The molecule has 1 N–H and O–H groups in total. The number of aromatic nitrogens is 1. The Morgan fingerprint density at radius 2 is 2.00 bits per heavy atom. The summed E-state index contributed by atoms with van der Waals surface area (Å²) in [5.41, 5.74) is 1.90. The van der Waals surface area contributed by atoms with Gasteiger partial charge in [-0.15, -0.1) is 23.1 Å². The molecule has 3 aromatic rings. The molecule has 0 aliphatic heterocycles. The molecule has 0 bridgehead atoms. The van der Waals surface area contributed by atoms with Crippen LogP contribution in [0.3, 0.4) is 0 Å². The molecule has 24 heavy (non-hydrogen) atoms. The van der Waals surface area contributed by atoms with Crippen molar-refractivity contribution < 1.29 is 14.6 Å². The molecule has 0 radical (unpaired) electrons. The Balaban J connectivity index is 1.97. The summed E-state index contributed by atoms with van der Waals surface area (Å²) >= 11 is 2.85. The first kappa shape index (κ1) is 16.5. The zero-order valence-corrected chi connectivity index (χ0v) is 14.6. The lowest BCUT2D eigenvalue weighted by Crippen LogP contribution is -1.98. The summed E-state index contributed by atoms with van der Waals surface area (Å²) in [5, 5.41) is 9.83. The van der Waals surface area contributed by atoms with E-state index in [4.69, 9.17) is 9.84 Å². The van der Waals surface area contributed by atoms with Gasteiger partial charge in [-0.2, -0.15) is 0 Å². The van der Waals surface area contributed by atoms with E-state index in [1.807, 2.05) is 54.6 Å². The highest BCUT2D eigenvalue weighted by molar-refractivity contribution is 8.09. The second-order valence-corrected chi connectivity index (χ2v) is 7.00. The summed E-state index contributed by atoms with van der Waals surface area (Å²) < 4.78 is 6.25.